The Morgan fingerprint density at radius 2 is 2.33 bits per heavy atom. The molecule has 0 saturated carbocycles. The number of aryl methyl sites for hydroxylation is 1. The van der Waals surface area contributed by atoms with E-state index in [1.807, 2.05) is 23.7 Å². The number of fused-ring (bicyclic) bond motifs is 1. The second kappa shape index (κ2) is 3.60. The molecule has 3 aromatic rings. The van der Waals surface area contributed by atoms with Crippen molar-refractivity contribution in [3.63, 3.8) is 0 Å². The van der Waals surface area contributed by atoms with Crippen molar-refractivity contribution in [2.24, 2.45) is 7.05 Å². The Balaban J connectivity index is 2.26. The molecule has 0 unspecified atom stereocenters. The van der Waals surface area contributed by atoms with Crippen LogP contribution in [0.3, 0.4) is 0 Å². The van der Waals surface area contributed by atoms with Crippen molar-refractivity contribution in [1.29, 1.82) is 5.26 Å². The summed E-state index contributed by atoms with van der Waals surface area (Å²) in [6.07, 6.45) is 1.76. The van der Waals surface area contributed by atoms with Crippen molar-refractivity contribution < 1.29 is 4.52 Å². The molecule has 2 aromatic heterocycles. The summed E-state index contributed by atoms with van der Waals surface area (Å²) >= 11 is 0. The lowest BCUT2D eigenvalue weighted by Gasteiger charge is -1.98. The molecule has 88 valence electrons. The fraction of sp³-hybridized carbons (Fsp3) is 0.0833. The Kier molecular flexibility index (Phi) is 2.07. The van der Waals surface area contributed by atoms with Gasteiger partial charge in [0.15, 0.2) is 5.82 Å². The molecule has 0 bridgehead atoms. The van der Waals surface area contributed by atoms with Gasteiger partial charge in [-0.1, -0.05) is 17.3 Å². The maximum Gasteiger partial charge on any atom is 0.439 e. The number of aromatic nitrogens is 3. The predicted octanol–water partition coefficient (Wildman–Crippen LogP) is 1.39. The summed E-state index contributed by atoms with van der Waals surface area (Å²) in [6.45, 7) is 0. The topological polar surface area (TPSA) is 87.6 Å². The van der Waals surface area contributed by atoms with E-state index in [-0.39, 0.29) is 0 Å². The lowest BCUT2D eigenvalue weighted by atomic mass is 10.1. The Bertz CT molecular complexity index is 832. The third-order valence-electron chi connectivity index (χ3n) is 2.82. The molecule has 0 fully saturated rings. The zero-order valence-corrected chi connectivity index (χ0v) is 9.47. The molecule has 3 rings (SSSR count). The summed E-state index contributed by atoms with van der Waals surface area (Å²) in [6, 6.07) is 7.61. The second-order valence-corrected chi connectivity index (χ2v) is 3.94. The Morgan fingerprint density at radius 1 is 1.50 bits per heavy atom. The van der Waals surface area contributed by atoms with Crippen molar-refractivity contribution in [1.82, 2.24) is 14.7 Å². The molecule has 6 nitrogen and oxygen atoms in total. The van der Waals surface area contributed by atoms with Gasteiger partial charge in [-0.05, 0) is 6.07 Å². The lowest BCUT2D eigenvalue weighted by molar-refractivity contribution is 0.388. The molecule has 0 atom stereocenters. The standard InChI is InChI=1S/C12H8N4O2/c1-16-6-8(5-13)9-3-2-7(4-10(9)16)11-14-12(17)18-15-11/h2-4,6H,1H3,(H,14,15,17). The molecule has 0 spiro atoms. The first-order chi connectivity index (χ1) is 8.69. The fourth-order valence-electron chi connectivity index (χ4n) is 1.97. The van der Waals surface area contributed by atoms with E-state index in [1.165, 1.54) is 0 Å². The molecule has 0 radical (unpaired) electrons. The Labute approximate surface area is 101 Å². The number of H-pyrrole nitrogens is 1. The fourth-order valence-corrected chi connectivity index (χ4v) is 1.97. The van der Waals surface area contributed by atoms with Crippen LogP contribution in [0.1, 0.15) is 5.56 Å². The predicted molar refractivity (Wildman–Crippen MR) is 63.8 cm³/mol. The molecule has 0 saturated heterocycles. The highest BCUT2D eigenvalue weighted by molar-refractivity contribution is 5.89. The average Bonchev–Trinajstić information content (AvgIpc) is 2.94. The normalized spacial score (nSPS) is 10.7. The highest BCUT2D eigenvalue weighted by Crippen LogP contribution is 2.24. The van der Waals surface area contributed by atoms with Crippen LogP contribution in [0, 0.1) is 11.3 Å². The molecule has 0 aliphatic carbocycles. The van der Waals surface area contributed by atoms with E-state index in [0.29, 0.717) is 11.4 Å². The van der Waals surface area contributed by atoms with Gasteiger partial charge in [0.2, 0.25) is 0 Å². The van der Waals surface area contributed by atoms with Gasteiger partial charge < -0.3 is 4.57 Å². The van der Waals surface area contributed by atoms with Gasteiger partial charge in [0.1, 0.15) is 6.07 Å². The first kappa shape index (κ1) is 10.4. The van der Waals surface area contributed by atoms with Crippen LogP contribution in [0.25, 0.3) is 22.3 Å². The monoisotopic (exact) mass is 240 g/mol. The van der Waals surface area contributed by atoms with Crippen LogP contribution in [0.4, 0.5) is 0 Å². The van der Waals surface area contributed by atoms with Crippen LogP contribution in [0.2, 0.25) is 0 Å². The second-order valence-electron chi connectivity index (χ2n) is 3.94. The van der Waals surface area contributed by atoms with E-state index in [0.717, 1.165) is 16.5 Å². The minimum absolute atomic E-state index is 0.376. The molecular weight excluding hydrogens is 232 g/mol. The highest BCUT2D eigenvalue weighted by Gasteiger charge is 2.09. The number of benzene rings is 1. The number of nitrogens with one attached hydrogen (secondary N) is 1. The van der Waals surface area contributed by atoms with Gasteiger partial charge in [0, 0.05) is 29.7 Å². The Hall–Kier alpha value is -2.81. The van der Waals surface area contributed by atoms with Gasteiger partial charge in [-0.25, -0.2) is 4.79 Å². The van der Waals surface area contributed by atoms with E-state index in [9.17, 15) is 4.79 Å². The maximum absolute atomic E-state index is 10.9. The van der Waals surface area contributed by atoms with E-state index >= 15 is 0 Å². The number of nitrogens with zero attached hydrogens (tertiary/aromatic N) is 3. The molecule has 2 heterocycles. The molecule has 1 N–H and O–H groups in total. The smallest absolute Gasteiger partial charge is 0.349 e. The molecule has 0 aliphatic rings. The largest absolute Gasteiger partial charge is 0.439 e. The SMILES string of the molecule is Cn1cc(C#N)c2ccc(-c3noc(=O)[nH]3)cc21. The molecule has 0 aliphatic heterocycles. The summed E-state index contributed by atoms with van der Waals surface area (Å²) in [5.74, 6) is -0.212. The minimum atomic E-state index is -0.588. The third-order valence-corrected chi connectivity index (χ3v) is 2.82. The minimum Gasteiger partial charge on any atom is -0.349 e. The van der Waals surface area contributed by atoms with Crippen LogP contribution >= 0.6 is 0 Å². The number of hydrogen-bond donors (Lipinski definition) is 1. The third kappa shape index (κ3) is 1.42. The molecule has 18 heavy (non-hydrogen) atoms. The number of aromatic amines is 1. The summed E-state index contributed by atoms with van der Waals surface area (Å²) in [7, 11) is 1.86. The lowest BCUT2D eigenvalue weighted by Crippen LogP contribution is -1.94. The van der Waals surface area contributed by atoms with Crippen molar-refractivity contribution in [2.75, 3.05) is 0 Å². The summed E-state index contributed by atoms with van der Waals surface area (Å²) in [4.78, 5) is 13.4. The summed E-state index contributed by atoms with van der Waals surface area (Å²) in [5, 5.41) is 13.5. The summed E-state index contributed by atoms with van der Waals surface area (Å²) < 4.78 is 6.32. The first-order valence-corrected chi connectivity index (χ1v) is 5.24. The van der Waals surface area contributed by atoms with E-state index < -0.39 is 5.76 Å². The van der Waals surface area contributed by atoms with Crippen molar-refractivity contribution in [3.8, 4) is 17.5 Å². The zero-order chi connectivity index (χ0) is 12.7. The zero-order valence-electron chi connectivity index (χ0n) is 9.47. The highest BCUT2D eigenvalue weighted by atomic mass is 16.5. The van der Waals surface area contributed by atoms with Crippen LogP contribution in [0.5, 0.6) is 0 Å². The quantitative estimate of drug-likeness (QED) is 0.696. The van der Waals surface area contributed by atoms with Gasteiger partial charge >= 0.3 is 5.76 Å². The van der Waals surface area contributed by atoms with Gasteiger partial charge in [-0.2, -0.15) is 5.26 Å². The maximum atomic E-state index is 10.9. The van der Waals surface area contributed by atoms with E-state index in [1.54, 1.807) is 12.3 Å². The van der Waals surface area contributed by atoms with Gasteiger partial charge in [-0.15, -0.1) is 0 Å². The average molecular weight is 240 g/mol. The van der Waals surface area contributed by atoms with Crippen LogP contribution in [-0.4, -0.2) is 14.7 Å². The number of nitriles is 1. The van der Waals surface area contributed by atoms with E-state index in [2.05, 4.69) is 20.7 Å². The summed E-state index contributed by atoms with van der Waals surface area (Å²) in [5.41, 5.74) is 2.25. The van der Waals surface area contributed by atoms with Crippen LogP contribution < -0.4 is 5.76 Å². The first-order valence-electron chi connectivity index (χ1n) is 5.24. The van der Waals surface area contributed by atoms with Crippen molar-refractivity contribution >= 4 is 10.9 Å². The van der Waals surface area contributed by atoms with Crippen molar-refractivity contribution in [2.45, 2.75) is 0 Å². The van der Waals surface area contributed by atoms with E-state index in [4.69, 9.17) is 5.26 Å². The molecule has 6 heteroatoms. The Morgan fingerprint density at radius 3 is 3.00 bits per heavy atom. The van der Waals surface area contributed by atoms with Crippen LogP contribution in [0.15, 0.2) is 33.7 Å². The van der Waals surface area contributed by atoms with Gasteiger partial charge in [0.25, 0.3) is 0 Å². The molecule has 0 amide bonds. The number of rotatable bonds is 1. The molecular formula is C12H8N4O2. The van der Waals surface area contributed by atoms with Gasteiger partial charge in [-0.3, -0.25) is 9.51 Å². The van der Waals surface area contributed by atoms with Crippen molar-refractivity contribution in [3.05, 3.63) is 40.5 Å². The molecule has 1 aromatic carbocycles. The van der Waals surface area contributed by atoms with Crippen LogP contribution in [-0.2, 0) is 7.05 Å². The number of hydrogen-bond acceptors (Lipinski definition) is 4. The van der Waals surface area contributed by atoms with Gasteiger partial charge in [0.05, 0.1) is 5.56 Å².